The van der Waals surface area contributed by atoms with Crippen LogP contribution in [-0.2, 0) is 18.0 Å². The van der Waals surface area contributed by atoms with Gasteiger partial charge in [0.2, 0.25) is 0 Å². The van der Waals surface area contributed by atoms with Crippen molar-refractivity contribution in [1.82, 2.24) is 0 Å². The molecule has 0 fully saturated rings. The maximum absolute atomic E-state index is 13.5. The number of halogens is 1. The lowest BCUT2D eigenvalue weighted by atomic mass is 10.1. The van der Waals surface area contributed by atoms with Crippen molar-refractivity contribution in [2.45, 2.75) is 13.2 Å². The van der Waals surface area contributed by atoms with Gasteiger partial charge in [0, 0.05) is 0 Å². The summed E-state index contributed by atoms with van der Waals surface area (Å²) >= 11 is 0. The smallest absolute Gasteiger partial charge is 0.138 e. The Hall–Kier alpha value is -2.15. The summed E-state index contributed by atoms with van der Waals surface area (Å²) < 4.78 is 19.1. The fourth-order valence-corrected chi connectivity index (χ4v) is 1.77. The largest absolute Gasteiger partial charge is 0.372 e. The van der Waals surface area contributed by atoms with Gasteiger partial charge in [-0.15, -0.1) is 0 Å². The molecular formula is C17H16FNO. The molecule has 20 heavy (non-hydrogen) atoms. The third kappa shape index (κ3) is 4.20. The summed E-state index contributed by atoms with van der Waals surface area (Å²) in [4.78, 5) is 0. The van der Waals surface area contributed by atoms with Crippen LogP contribution in [0.1, 0.15) is 16.7 Å². The van der Waals surface area contributed by atoms with Crippen molar-refractivity contribution >= 4 is 0 Å². The zero-order valence-electron chi connectivity index (χ0n) is 11.1. The van der Waals surface area contributed by atoms with E-state index in [9.17, 15) is 4.39 Å². The van der Waals surface area contributed by atoms with E-state index in [2.05, 4.69) is 11.8 Å². The van der Waals surface area contributed by atoms with Crippen LogP contribution in [0.5, 0.6) is 0 Å². The molecule has 0 bridgehead atoms. The van der Waals surface area contributed by atoms with Crippen LogP contribution in [0.25, 0.3) is 0 Å². The highest BCUT2D eigenvalue weighted by atomic mass is 19.1. The van der Waals surface area contributed by atoms with Gasteiger partial charge in [-0.05, 0) is 23.3 Å². The van der Waals surface area contributed by atoms with E-state index in [0.717, 1.165) is 11.1 Å². The maximum Gasteiger partial charge on any atom is 0.138 e. The molecular weight excluding hydrogens is 253 g/mol. The zero-order chi connectivity index (χ0) is 14.2. The van der Waals surface area contributed by atoms with E-state index in [1.54, 1.807) is 12.1 Å². The first-order valence-electron chi connectivity index (χ1n) is 6.38. The van der Waals surface area contributed by atoms with Crippen LogP contribution in [0, 0.1) is 17.7 Å². The van der Waals surface area contributed by atoms with Crippen LogP contribution in [0.3, 0.4) is 0 Å². The summed E-state index contributed by atoms with van der Waals surface area (Å²) in [7, 11) is 0. The van der Waals surface area contributed by atoms with Gasteiger partial charge in [-0.3, -0.25) is 0 Å². The van der Waals surface area contributed by atoms with Crippen molar-refractivity contribution in [3.8, 4) is 11.8 Å². The molecule has 0 radical (unpaired) electrons. The molecule has 102 valence electrons. The summed E-state index contributed by atoms with van der Waals surface area (Å²) in [5.74, 6) is 5.03. The molecule has 2 aromatic carbocycles. The maximum atomic E-state index is 13.5. The van der Waals surface area contributed by atoms with Gasteiger partial charge in [0.1, 0.15) is 5.82 Å². The minimum absolute atomic E-state index is 0.216. The van der Waals surface area contributed by atoms with E-state index in [0.29, 0.717) is 18.8 Å². The molecule has 2 N–H and O–H groups in total. The quantitative estimate of drug-likeness (QED) is 0.866. The van der Waals surface area contributed by atoms with Gasteiger partial charge in [-0.2, -0.15) is 0 Å². The molecule has 0 unspecified atom stereocenters. The lowest BCUT2D eigenvalue weighted by Gasteiger charge is -2.05. The number of rotatable bonds is 4. The third-order valence-corrected chi connectivity index (χ3v) is 2.74. The molecule has 0 spiro atoms. The highest BCUT2D eigenvalue weighted by Crippen LogP contribution is 2.11. The van der Waals surface area contributed by atoms with Crippen LogP contribution in [0.15, 0.2) is 48.5 Å². The lowest BCUT2D eigenvalue weighted by Crippen LogP contribution is -1.97. The lowest BCUT2D eigenvalue weighted by molar-refractivity contribution is 0.107. The van der Waals surface area contributed by atoms with Crippen molar-refractivity contribution < 1.29 is 9.13 Å². The van der Waals surface area contributed by atoms with Gasteiger partial charge in [0.05, 0.1) is 25.3 Å². The topological polar surface area (TPSA) is 35.2 Å². The number of hydrogen-bond donors (Lipinski definition) is 1. The Morgan fingerprint density at radius 1 is 1.00 bits per heavy atom. The first-order valence-corrected chi connectivity index (χ1v) is 6.38. The van der Waals surface area contributed by atoms with E-state index in [4.69, 9.17) is 10.5 Å². The molecule has 0 saturated heterocycles. The monoisotopic (exact) mass is 269 g/mol. The van der Waals surface area contributed by atoms with Crippen molar-refractivity contribution in [2.75, 3.05) is 6.54 Å². The normalized spacial score (nSPS) is 9.90. The molecule has 0 aromatic heterocycles. The Kier molecular flexibility index (Phi) is 5.31. The number of hydrogen-bond acceptors (Lipinski definition) is 2. The molecule has 0 aliphatic rings. The molecule has 2 nitrogen and oxygen atoms in total. The van der Waals surface area contributed by atoms with Crippen LogP contribution in [0.4, 0.5) is 4.39 Å². The molecule has 2 rings (SSSR count). The average Bonchev–Trinajstić information content (AvgIpc) is 2.49. The second-order valence-corrected chi connectivity index (χ2v) is 4.30. The van der Waals surface area contributed by atoms with E-state index in [1.807, 2.05) is 30.3 Å². The van der Waals surface area contributed by atoms with Crippen molar-refractivity contribution in [1.29, 1.82) is 0 Å². The zero-order valence-corrected chi connectivity index (χ0v) is 11.1. The van der Waals surface area contributed by atoms with Crippen molar-refractivity contribution in [3.05, 3.63) is 71.0 Å². The minimum atomic E-state index is -0.335. The van der Waals surface area contributed by atoms with E-state index in [-0.39, 0.29) is 12.4 Å². The Balaban J connectivity index is 1.96. The molecule has 0 amide bonds. The molecule has 2 aromatic rings. The second-order valence-electron chi connectivity index (χ2n) is 4.30. The molecule has 0 aliphatic heterocycles. The van der Waals surface area contributed by atoms with Gasteiger partial charge in [0.25, 0.3) is 0 Å². The first kappa shape index (κ1) is 14.3. The fourth-order valence-electron chi connectivity index (χ4n) is 1.77. The van der Waals surface area contributed by atoms with E-state index in [1.165, 1.54) is 6.07 Å². The van der Waals surface area contributed by atoms with Crippen molar-refractivity contribution in [3.63, 3.8) is 0 Å². The summed E-state index contributed by atoms with van der Waals surface area (Å²) in [6, 6.07) is 14.7. The Bertz CT molecular complexity index is 614. The highest BCUT2D eigenvalue weighted by molar-refractivity contribution is 5.38. The standard InChI is InChI=1S/C17H16FNO/c18-17-9-8-15(11-16(17)7-4-10-19)13-20-12-14-5-2-1-3-6-14/h1-3,5-6,8-9,11H,10,12-13,19H2. The predicted octanol–water partition coefficient (Wildman–Crippen LogP) is 2.85. The summed E-state index contributed by atoms with van der Waals surface area (Å²) in [5, 5.41) is 0. The van der Waals surface area contributed by atoms with Crippen LogP contribution < -0.4 is 5.73 Å². The van der Waals surface area contributed by atoms with Gasteiger partial charge in [-0.25, -0.2) is 4.39 Å². The van der Waals surface area contributed by atoms with Gasteiger partial charge in [0.15, 0.2) is 0 Å². The van der Waals surface area contributed by atoms with Gasteiger partial charge >= 0.3 is 0 Å². The van der Waals surface area contributed by atoms with Crippen LogP contribution in [-0.4, -0.2) is 6.54 Å². The second kappa shape index (κ2) is 7.44. The van der Waals surface area contributed by atoms with Crippen LogP contribution >= 0.6 is 0 Å². The predicted molar refractivity (Wildman–Crippen MR) is 77.3 cm³/mol. The van der Waals surface area contributed by atoms with E-state index < -0.39 is 0 Å². The minimum Gasteiger partial charge on any atom is -0.372 e. The third-order valence-electron chi connectivity index (χ3n) is 2.74. The number of ether oxygens (including phenoxy) is 1. The highest BCUT2D eigenvalue weighted by Gasteiger charge is 2.01. The summed E-state index contributed by atoms with van der Waals surface area (Å²) in [5.41, 5.74) is 7.65. The van der Waals surface area contributed by atoms with Gasteiger partial charge in [-0.1, -0.05) is 48.2 Å². The summed E-state index contributed by atoms with van der Waals surface area (Å²) in [6.45, 7) is 1.17. The van der Waals surface area contributed by atoms with Crippen molar-refractivity contribution in [2.24, 2.45) is 5.73 Å². The first-order chi connectivity index (χ1) is 9.79. The molecule has 0 aliphatic carbocycles. The molecule has 0 atom stereocenters. The summed E-state index contributed by atoms with van der Waals surface area (Å²) in [6.07, 6.45) is 0. The number of benzene rings is 2. The Morgan fingerprint density at radius 2 is 1.75 bits per heavy atom. The van der Waals surface area contributed by atoms with Gasteiger partial charge < -0.3 is 10.5 Å². The number of nitrogens with two attached hydrogens (primary N) is 1. The molecule has 0 heterocycles. The molecule has 0 saturated carbocycles. The average molecular weight is 269 g/mol. The Morgan fingerprint density at radius 3 is 2.50 bits per heavy atom. The van der Waals surface area contributed by atoms with Crippen LogP contribution in [0.2, 0.25) is 0 Å². The Labute approximate surface area is 118 Å². The SMILES string of the molecule is NCC#Cc1cc(COCc2ccccc2)ccc1F. The van der Waals surface area contributed by atoms with E-state index >= 15 is 0 Å². The molecule has 3 heteroatoms. The fraction of sp³-hybridized carbons (Fsp3) is 0.176.